The summed E-state index contributed by atoms with van der Waals surface area (Å²) in [6, 6.07) is 13.7. The highest BCUT2D eigenvalue weighted by molar-refractivity contribution is 5.98. The number of carbonyl (C=O) groups is 4. The number of aromatic amines is 1. The van der Waals surface area contributed by atoms with E-state index < -0.39 is 65.0 Å². The molecule has 3 aromatic carbocycles. The Morgan fingerprint density at radius 1 is 0.846 bits per heavy atom. The van der Waals surface area contributed by atoms with Gasteiger partial charge in [-0.2, -0.15) is 35.8 Å². The number of nitrogens with one attached hydrogen (secondary N) is 4. The first-order valence-electron chi connectivity index (χ1n) is 20.8. The second kappa shape index (κ2) is 20.7. The van der Waals surface area contributed by atoms with Crippen LogP contribution in [0.5, 0.6) is 0 Å². The third-order valence-corrected chi connectivity index (χ3v) is 12.1. The van der Waals surface area contributed by atoms with Gasteiger partial charge in [0.25, 0.3) is 5.91 Å². The number of amides is 3. The Hall–Kier alpha value is -5.60. The number of nitrogens with two attached hydrogens (primary N) is 1. The molecule has 21 heteroatoms. The fraction of sp³-hybridized carbons (Fsp3) is 0.455. The number of aliphatic carboxylic acids is 1. The van der Waals surface area contributed by atoms with Gasteiger partial charge in [0, 0.05) is 41.2 Å². The quantitative estimate of drug-likeness (QED) is 0.0658. The molecule has 6 rings (SSSR count). The molecule has 0 aliphatic heterocycles. The van der Waals surface area contributed by atoms with Crippen molar-refractivity contribution in [2.45, 2.75) is 93.9 Å². The number of hydrogen-bond donors (Lipinski definition) is 6. The zero-order valence-electron chi connectivity index (χ0n) is 35.4. The van der Waals surface area contributed by atoms with Crippen LogP contribution in [0.1, 0.15) is 78.7 Å². The summed E-state index contributed by atoms with van der Waals surface area (Å²) in [7, 11) is 3.97. The molecule has 7 N–H and O–H groups in total. The standard InChI is InChI=1S/C44H49F7N8O5.ClH/c1-59(2)32-18-16-31(17-19-32)53-38(61)29-13-20-33(34(22-29)44(49,50)51)26-7-3-24(4-8-26)21-35(55-37(60)28-9-5-25(23-52)6-10-28)39(62)54-30-14-11-27(12-15-30)36-56-40(58-57-36)42(45,46)43(47,48)41(63)64;/h3-4,7-8,11-15,20,22,25,28,31-32,35H,5-6,9-10,16-19,21,23,52H2,1-2H3,(H,53,61)(H,54,62)(H,55,60)(H,63,64)(H,56,57,58);1H/t25?,28?,31?,32?,35-;/m0./s1. The van der Waals surface area contributed by atoms with Gasteiger partial charge in [-0.05, 0) is 131 Å². The molecule has 2 aliphatic carbocycles. The number of anilines is 1. The van der Waals surface area contributed by atoms with Gasteiger partial charge in [0.2, 0.25) is 17.6 Å². The van der Waals surface area contributed by atoms with Crippen molar-refractivity contribution in [1.29, 1.82) is 0 Å². The molecule has 0 bridgehead atoms. The third kappa shape index (κ3) is 11.8. The van der Waals surface area contributed by atoms with Gasteiger partial charge in [-0.15, -0.1) is 12.4 Å². The molecule has 2 aliphatic rings. The van der Waals surface area contributed by atoms with Gasteiger partial charge in [0.1, 0.15) is 6.04 Å². The number of aromatic nitrogens is 3. The molecule has 0 saturated heterocycles. The molecule has 0 unspecified atom stereocenters. The number of nitrogens with zero attached hydrogens (tertiary/aromatic N) is 3. The van der Waals surface area contributed by atoms with E-state index >= 15 is 0 Å². The van der Waals surface area contributed by atoms with Crippen molar-refractivity contribution in [1.82, 2.24) is 30.7 Å². The maximum absolute atomic E-state index is 14.5. The van der Waals surface area contributed by atoms with E-state index in [-0.39, 0.29) is 64.6 Å². The summed E-state index contributed by atoms with van der Waals surface area (Å²) >= 11 is 0. The van der Waals surface area contributed by atoms with Crippen LogP contribution in [-0.2, 0) is 32.9 Å². The summed E-state index contributed by atoms with van der Waals surface area (Å²) in [5.74, 6) is -17.6. The lowest BCUT2D eigenvalue weighted by atomic mass is 9.81. The largest absolute Gasteiger partial charge is 0.477 e. The van der Waals surface area contributed by atoms with Gasteiger partial charge in [0.05, 0.1) is 5.56 Å². The van der Waals surface area contributed by atoms with Crippen LogP contribution in [-0.4, -0.2) is 93.6 Å². The lowest BCUT2D eigenvalue weighted by molar-refractivity contribution is -0.231. The van der Waals surface area contributed by atoms with Gasteiger partial charge in [-0.25, -0.2) is 9.78 Å². The molecule has 2 saturated carbocycles. The lowest BCUT2D eigenvalue weighted by Gasteiger charge is -2.33. The zero-order chi connectivity index (χ0) is 46.6. The molecule has 13 nitrogen and oxygen atoms in total. The van der Waals surface area contributed by atoms with Gasteiger partial charge in [0.15, 0.2) is 5.82 Å². The van der Waals surface area contributed by atoms with E-state index in [1.165, 1.54) is 60.7 Å². The normalized spacial score (nSPS) is 19.7. The average molecular weight is 939 g/mol. The first-order chi connectivity index (χ1) is 30.2. The second-order valence-electron chi connectivity index (χ2n) is 16.6. The topological polar surface area (TPSA) is 195 Å². The first kappa shape index (κ1) is 50.4. The molecule has 352 valence electrons. The molecule has 1 heterocycles. The number of hydrogen-bond acceptors (Lipinski definition) is 8. The Morgan fingerprint density at radius 2 is 1.46 bits per heavy atom. The summed E-state index contributed by atoms with van der Waals surface area (Å²) in [5.41, 5.74) is 5.44. The van der Waals surface area contributed by atoms with E-state index in [4.69, 9.17) is 10.8 Å². The van der Waals surface area contributed by atoms with Gasteiger partial charge >= 0.3 is 24.0 Å². The molecule has 65 heavy (non-hydrogen) atoms. The Bertz CT molecular complexity index is 2300. The van der Waals surface area contributed by atoms with Crippen molar-refractivity contribution < 1.29 is 55.0 Å². The SMILES string of the molecule is CN(C)C1CCC(NC(=O)c2ccc(-c3ccc(C[C@H](NC(=O)C4CCC(CN)CC4)C(=O)Nc4ccc(-c5n[nH]c(C(F)(F)C(F)(F)C(=O)O)n5)cc4)cc3)c(C(F)(F)F)c2)CC1.Cl. The van der Waals surface area contributed by atoms with Gasteiger partial charge < -0.3 is 31.7 Å². The predicted molar refractivity (Wildman–Crippen MR) is 228 cm³/mol. The molecule has 0 radical (unpaired) electrons. The monoisotopic (exact) mass is 938 g/mol. The van der Waals surface area contributed by atoms with E-state index in [0.717, 1.165) is 31.7 Å². The number of benzene rings is 3. The first-order valence-corrected chi connectivity index (χ1v) is 20.8. The lowest BCUT2D eigenvalue weighted by Crippen LogP contribution is -2.48. The van der Waals surface area contributed by atoms with Crippen LogP contribution in [0.25, 0.3) is 22.5 Å². The molecule has 2 fully saturated rings. The van der Waals surface area contributed by atoms with Crippen LogP contribution >= 0.6 is 12.4 Å². The van der Waals surface area contributed by atoms with Gasteiger partial charge in [-0.1, -0.05) is 30.3 Å². The molecular formula is C44H50ClF7N8O5. The van der Waals surface area contributed by atoms with Crippen molar-refractivity contribution in [2.75, 3.05) is 26.0 Å². The van der Waals surface area contributed by atoms with E-state index in [1.54, 1.807) is 5.10 Å². The fourth-order valence-electron chi connectivity index (χ4n) is 8.14. The summed E-state index contributed by atoms with van der Waals surface area (Å²) in [4.78, 5) is 56.7. The van der Waals surface area contributed by atoms with E-state index in [0.29, 0.717) is 43.8 Å². The fourth-order valence-corrected chi connectivity index (χ4v) is 8.14. The molecule has 4 aromatic rings. The Morgan fingerprint density at radius 3 is 2.03 bits per heavy atom. The van der Waals surface area contributed by atoms with Crippen molar-refractivity contribution in [3.63, 3.8) is 0 Å². The molecule has 3 amide bonds. The minimum absolute atomic E-state index is 0. The Kier molecular flexibility index (Phi) is 16.1. The van der Waals surface area contributed by atoms with Crippen molar-refractivity contribution in [2.24, 2.45) is 17.6 Å². The maximum Gasteiger partial charge on any atom is 0.417 e. The highest BCUT2D eigenvalue weighted by atomic mass is 35.5. The number of alkyl halides is 7. The summed E-state index contributed by atoms with van der Waals surface area (Å²) in [6.07, 6.45) is 0.855. The Labute approximate surface area is 375 Å². The Balaban J connectivity index is 0.00000793. The predicted octanol–water partition coefficient (Wildman–Crippen LogP) is 7.42. The van der Waals surface area contributed by atoms with Crippen LogP contribution in [0.15, 0.2) is 66.7 Å². The van der Waals surface area contributed by atoms with Gasteiger partial charge in [-0.3, -0.25) is 19.5 Å². The molecule has 0 spiro atoms. The number of H-pyrrole nitrogens is 1. The van der Waals surface area contributed by atoms with E-state index in [9.17, 15) is 49.9 Å². The van der Waals surface area contributed by atoms with Crippen LogP contribution in [0.2, 0.25) is 0 Å². The van der Waals surface area contributed by atoms with Crippen LogP contribution in [0.4, 0.5) is 36.4 Å². The summed E-state index contributed by atoms with van der Waals surface area (Å²) in [6.45, 7) is 0.487. The van der Waals surface area contributed by atoms with E-state index in [2.05, 4.69) is 30.9 Å². The number of carboxylic acid groups (broad SMARTS) is 1. The molecule has 1 atom stereocenters. The summed E-state index contributed by atoms with van der Waals surface area (Å²) < 4.78 is 99.5. The van der Waals surface area contributed by atoms with Crippen molar-refractivity contribution in [3.05, 3.63) is 89.2 Å². The smallest absolute Gasteiger partial charge is 0.417 e. The second-order valence-corrected chi connectivity index (χ2v) is 16.6. The number of halogens is 8. The number of carbonyl (C=O) groups excluding carboxylic acids is 3. The molecular weight excluding hydrogens is 889 g/mol. The van der Waals surface area contributed by atoms with E-state index in [1.807, 2.05) is 14.1 Å². The minimum Gasteiger partial charge on any atom is -0.477 e. The number of rotatable bonds is 15. The summed E-state index contributed by atoms with van der Waals surface area (Å²) in [5, 5.41) is 22.1. The highest BCUT2D eigenvalue weighted by Gasteiger charge is 2.65. The third-order valence-electron chi connectivity index (χ3n) is 12.1. The van der Waals surface area contributed by atoms with Crippen LogP contribution in [0.3, 0.4) is 0 Å². The number of carboxylic acids is 1. The highest BCUT2D eigenvalue weighted by Crippen LogP contribution is 2.42. The minimum atomic E-state index is -5.48. The molecule has 1 aromatic heterocycles. The average Bonchev–Trinajstić information content (AvgIpc) is 3.78. The van der Waals surface area contributed by atoms with Crippen molar-refractivity contribution in [3.8, 4) is 22.5 Å². The van der Waals surface area contributed by atoms with Crippen LogP contribution < -0.4 is 21.7 Å². The van der Waals surface area contributed by atoms with Crippen molar-refractivity contribution >= 4 is 41.8 Å². The van der Waals surface area contributed by atoms with Crippen LogP contribution in [0, 0.1) is 11.8 Å². The maximum atomic E-state index is 14.5. The zero-order valence-corrected chi connectivity index (χ0v) is 36.2.